The molecule has 0 unspecified atom stereocenters. The van der Waals surface area contributed by atoms with E-state index in [1.54, 1.807) is 0 Å². The second-order valence-corrected chi connectivity index (χ2v) is 2.86. The number of hydrogen-bond acceptors (Lipinski definition) is 6. The molecule has 0 aliphatic carbocycles. The van der Waals surface area contributed by atoms with E-state index in [9.17, 15) is 0 Å². The Hall–Kier alpha value is -1.57. The van der Waals surface area contributed by atoms with Crippen LogP contribution in [0, 0.1) is 34.6 Å². The second-order valence-electron chi connectivity index (χ2n) is 0.771. The van der Waals surface area contributed by atoms with Gasteiger partial charge in [0, 0.05) is 0 Å². The van der Waals surface area contributed by atoms with Crippen LogP contribution >= 0.6 is 0 Å². The Balaban J connectivity index is 3.68. The van der Waals surface area contributed by atoms with E-state index in [1.807, 2.05) is 0 Å². The fourth-order valence-corrected chi connectivity index (χ4v) is 0.810. The molecule has 0 amide bonds. The van der Waals surface area contributed by atoms with E-state index in [2.05, 4.69) is 11.2 Å². The van der Waals surface area contributed by atoms with Crippen molar-refractivity contribution in [1.82, 2.24) is 0 Å². The van der Waals surface area contributed by atoms with Crippen LogP contribution < -0.4 is 0 Å². The number of nitrogens with zero attached hydrogens (tertiary/aromatic N) is 3. The zero-order chi connectivity index (χ0) is 7.82. The van der Waals surface area contributed by atoms with Gasteiger partial charge in [0.05, 0.1) is 0 Å². The molecule has 0 aromatic rings. The first-order valence-corrected chi connectivity index (χ1v) is 4.13. The molecule has 0 saturated heterocycles. The van der Waals surface area contributed by atoms with Gasteiger partial charge >= 0.3 is 61.4 Å². The van der Waals surface area contributed by atoms with Crippen LogP contribution in [0.2, 0.25) is 0 Å². The van der Waals surface area contributed by atoms with Crippen LogP contribution in [0.1, 0.15) is 0 Å². The molecule has 0 radical (unpaired) electrons. The van der Waals surface area contributed by atoms with E-state index in [1.165, 1.54) is 18.8 Å². The van der Waals surface area contributed by atoms with Crippen molar-refractivity contribution in [2.24, 2.45) is 0 Å². The maximum atomic E-state index is 7.88. The van der Waals surface area contributed by atoms with Crippen LogP contribution in [-0.2, 0) is 11.2 Å². The van der Waals surface area contributed by atoms with Crippen LogP contribution in [-0.4, -0.2) is 15.7 Å². The first-order valence-electron chi connectivity index (χ1n) is 1.83. The summed E-state index contributed by atoms with van der Waals surface area (Å²) in [5, 5.41) is 23.6. The average molecular weight is 201 g/mol. The fraction of sp³-hybridized carbons (Fsp3) is 0. The van der Waals surface area contributed by atoms with Crippen LogP contribution in [0.15, 0.2) is 0 Å². The summed E-state index contributed by atoms with van der Waals surface area (Å²) in [5.74, 6) is 0. The molecule has 0 N–H and O–H groups in total. The van der Waals surface area contributed by atoms with Gasteiger partial charge in [0.1, 0.15) is 0 Å². The van der Waals surface area contributed by atoms with Crippen molar-refractivity contribution in [2.75, 3.05) is 0 Å². The molecular weight excluding hydrogens is 201 g/mol. The summed E-state index contributed by atoms with van der Waals surface area (Å²) >= 11 is -2.88. The van der Waals surface area contributed by atoms with Gasteiger partial charge in [0.15, 0.2) is 0 Å². The zero-order valence-corrected chi connectivity index (χ0v) is 6.39. The molecular formula is C3AsN3O3. The van der Waals surface area contributed by atoms with Crippen molar-refractivity contribution in [3.8, 4) is 18.8 Å². The Morgan fingerprint density at radius 1 is 0.800 bits per heavy atom. The SMILES string of the molecule is N#CO[As](OC#N)OC#N. The van der Waals surface area contributed by atoms with Gasteiger partial charge in [-0.15, -0.1) is 0 Å². The Bertz CT molecular complexity index is 172. The molecule has 50 valence electrons. The van der Waals surface area contributed by atoms with Crippen molar-refractivity contribution in [2.45, 2.75) is 0 Å². The number of nitriles is 3. The van der Waals surface area contributed by atoms with Crippen molar-refractivity contribution >= 4 is 15.7 Å². The Morgan fingerprint density at radius 2 is 1.10 bits per heavy atom. The van der Waals surface area contributed by atoms with Gasteiger partial charge in [-0.25, -0.2) is 0 Å². The van der Waals surface area contributed by atoms with Gasteiger partial charge < -0.3 is 0 Å². The summed E-state index contributed by atoms with van der Waals surface area (Å²) in [5.41, 5.74) is 0. The van der Waals surface area contributed by atoms with Gasteiger partial charge in [0.25, 0.3) is 0 Å². The molecule has 0 aromatic heterocycles. The molecule has 7 heteroatoms. The standard InChI is InChI=1S/C3AsN3O3/c5-1-8-4(9-2-6)10-3-7. The molecule has 0 heterocycles. The first-order chi connectivity index (χ1) is 4.85. The minimum absolute atomic E-state index is 1.25. The third-order valence-electron chi connectivity index (χ3n) is 0.346. The van der Waals surface area contributed by atoms with Gasteiger partial charge in [-0.05, 0) is 0 Å². The molecule has 0 rings (SSSR count). The van der Waals surface area contributed by atoms with Gasteiger partial charge in [0.2, 0.25) is 0 Å². The Morgan fingerprint density at radius 3 is 1.30 bits per heavy atom. The number of hydrogen-bond donors (Lipinski definition) is 0. The molecule has 0 atom stereocenters. The molecule has 0 saturated carbocycles. The second kappa shape index (κ2) is 5.56. The normalized spacial score (nSPS) is 6.60. The Kier molecular flexibility index (Phi) is 4.69. The molecule has 0 bridgehead atoms. The van der Waals surface area contributed by atoms with Crippen molar-refractivity contribution in [1.29, 1.82) is 15.8 Å². The molecule has 10 heavy (non-hydrogen) atoms. The maximum absolute atomic E-state index is 7.88. The van der Waals surface area contributed by atoms with Gasteiger partial charge in [-0.1, -0.05) is 0 Å². The summed E-state index contributed by atoms with van der Waals surface area (Å²) in [6, 6.07) is 0. The van der Waals surface area contributed by atoms with Crippen LogP contribution in [0.3, 0.4) is 0 Å². The predicted octanol–water partition coefficient (Wildman–Crippen LogP) is -0.536. The monoisotopic (exact) mass is 201 g/mol. The van der Waals surface area contributed by atoms with E-state index in [4.69, 9.17) is 15.8 Å². The third kappa shape index (κ3) is 3.43. The summed E-state index contributed by atoms with van der Waals surface area (Å²) < 4.78 is 12.3. The summed E-state index contributed by atoms with van der Waals surface area (Å²) in [6.45, 7) is 0. The molecule has 6 nitrogen and oxygen atoms in total. The molecule has 0 aromatic carbocycles. The topological polar surface area (TPSA) is 99.1 Å². The summed E-state index contributed by atoms with van der Waals surface area (Å²) in [7, 11) is 0. The van der Waals surface area contributed by atoms with Crippen molar-refractivity contribution in [3.63, 3.8) is 0 Å². The zero-order valence-electron chi connectivity index (χ0n) is 4.51. The van der Waals surface area contributed by atoms with Crippen molar-refractivity contribution in [3.05, 3.63) is 0 Å². The molecule has 0 aliphatic rings. The van der Waals surface area contributed by atoms with E-state index in [-0.39, 0.29) is 0 Å². The fourth-order valence-electron chi connectivity index (χ4n) is 0.156. The van der Waals surface area contributed by atoms with Crippen LogP contribution in [0.25, 0.3) is 0 Å². The van der Waals surface area contributed by atoms with E-state index in [0.29, 0.717) is 0 Å². The third-order valence-corrected chi connectivity index (χ3v) is 1.80. The summed E-state index contributed by atoms with van der Waals surface area (Å²) in [6.07, 6.45) is 3.75. The van der Waals surface area contributed by atoms with Crippen LogP contribution in [0.4, 0.5) is 0 Å². The minimum atomic E-state index is -2.88. The van der Waals surface area contributed by atoms with Crippen molar-refractivity contribution < 1.29 is 11.2 Å². The average Bonchev–Trinajstić information content (AvgIpc) is 1.90. The van der Waals surface area contributed by atoms with Gasteiger partial charge in [-0.2, -0.15) is 0 Å². The van der Waals surface area contributed by atoms with E-state index < -0.39 is 15.7 Å². The summed E-state index contributed by atoms with van der Waals surface area (Å²) in [4.78, 5) is 0. The Labute approximate surface area is 62.1 Å². The van der Waals surface area contributed by atoms with E-state index in [0.717, 1.165) is 0 Å². The van der Waals surface area contributed by atoms with Crippen LogP contribution in [0.5, 0.6) is 0 Å². The quantitative estimate of drug-likeness (QED) is 0.449. The molecule has 0 aliphatic heterocycles. The predicted molar refractivity (Wildman–Crippen MR) is 25.8 cm³/mol. The first kappa shape index (κ1) is 8.43. The van der Waals surface area contributed by atoms with Gasteiger partial charge in [-0.3, -0.25) is 0 Å². The van der Waals surface area contributed by atoms with E-state index >= 15 is 0 Å². The molecule has 0 spiro atoms. The molecule has 0 fully saturated rings. The number of rotatable bonds is 3.